The Morgan fingerprint density at radius 2 is 1.95 bits per heavy atom. The van der Waals surface area contributed by atoms with E-state index < -0.39 is 0 Å². The normalized spacial score (nSPS) is 29.2. The molecule has 1 atom stereocenters. The smallest absolute Gasteiger partial charge is 0.230 e. The van der Waals surface area contributed by atoms with Crippen molar-refractivity contribution in [1.82, 2.24) is 9.88 Å². The number of aromatic nitrogens is 1. The highest BCUT2D eigenvalue weighted by Crippen LogP contribution is 2.42. The van der Waals surface area contributed by atoms with Gasteiger partial charge in [0.2, 0.25) is 5.91 Å². The van der Waals surface area contributed by atoms with Crippen LogP contribution in [0.15, 0.2) is 24.5 Å². The first-order chi connectivity index (χ1) is 10.8. The Kier molecular flexibility index (Phi) is 3.55. The van der Waals surface area contributed by atoms with Gasteiger partial charge < -0.3 is 9.80 Å². The standard InChI is InChI=1S/C18H25N3O/c22-17-18(7-2-11-20(17)13-15-3-1-4-15)8-12-21(14-18)16-5-9-19-10-6-16/h5-6,9-10,15H,1-4,7-8,11-14H2. The van der Waals surface area contributed by atoms with E-state index in [2.05, 4.69) is 26.9 Å². The maximum atomic E-state index is 13.1. The molecule has 0 radical (unpaired) electrons. The number of carbonyl (C=O) groups excluding carboxylic acids is 1. The quantitative estimate of drug-likeness (QED) is 0.861. The molecule has 3 aliphatic rings. The fourth-order valence-corrected chi connectivity index (χ4v) is 4.34. The van der Waals surface area contributed by atoms with Gasteiger partial charge >= 0.3 is 0 Å². The predicted octanol–water partition coefficient (Wildman–Crippen LogP) is 2.70. The van der Waals surface area contributed by atoms with E-state index >= 15 is 0 Å². The second-order valence-electron chi connectivity index (χ2n) is 7.31. The molecule has 22 heavy (non-hydrogen) atoms. The second-order valence-corrected chi connectivity index (χ2v) is 7.31. The SMILES string of the molecule is O=C1N(CC2CCC2)CCCC12CCN(c1ccncc1)C2. The lowest BCUT2D eigenvalue weighted by Crippen LogP contribution is -2.51. The number of rotatable bonds is 3. The van der Waals surface area contributed by atoms with Gasteiger partial charge in [0.25, 0.3) is 0 Å². The maximum Gasteiger partial charge on any atom is 0.230 e. The van der Waals surface area contributed by atoms with Crippen LogP contribution in [0.1, 0.15) is 38.5 Å². The number of likely N-dealkylation sites (tertiary alicyclic amines) is 1. The fraction of sp³-hybridized carbons (Fsp3) is 0.667. The van der Waals surface area contributed by atoms with Crippen LogP contribution >= 0.6 is 0 Å². The van der Waals surface area contributed by atoms with E-state index in [1.165, 1.54) is 31.4 Å². The Morgan fingerprint density at radius 1 is 1.14 bits per heavy atom. The van der Waals surface area contributed by atoms with Crippen molar-refractivity contribution in [3.8, 4) is 0 Å². The third-order valence-electron chi connectivity index (χ3n) is 5.91. The zero-order valence-corrected chi connectivity index (χ0v) is 13.2. The summed E-state index contributed by atoms with van der Waals surface area (Å²) in [6.07, 6.45) is 10.9. The van der Waals surface area contributed by atoms with Crippen LogP contribution in [0.25, 0.3) is 0 Å². The van der Waals surface area contributed by atoms with Gasteiger partial charge in [-0.05, 0) is 50.2 Å². The van der Waals surface area contributed by atoms with Crippen LogP contribution in [-0.4, -0.2) is 42.0 Å². The summed E-state index contributed by atoms with van der Waals surface area (Å²) in [7, 11) is 0. The second kappa shape index (κ2) is 5.56. The first-order valence-corrected chi connectivity index (χ1v) is 8.71. The van der Waals surface area contributed by atoms with E-state index in [0.717, 1.165) is 44.9 Å². The van der Waals surface area contributed by atoms with Gasteiger partial charge in [-0.3, -0.25) is 9.78 Å². The Morgan fingerprint density at radius 3 is 2.68 bits per heavy atom. The Labute approximate surface area is 132 Å². The van der Waals surface area contributed by atoms with E-state index in [9.17, 15) is 4.79 Å². The molecule has 1 spiro atoms. The van der Waals surface area contributed by atoms with Gasteiger partial charge in [0, 0.05) is 44.3 Å². The third-order valence-corrected chi connectivity index (χ3v) is 5.91. The van der Waals surface area contributed by atoms with Gasteiger partial charge in [-0.25, -0.2) is 0 Å². The first kappa shape index (κ1) is 14.0. The summed E-state index contributed by atoms with van der Waals surface area (Å²) in [4.78, 5) is 21.7. The number of piperidine rings is 1. The van der Waals surface area contributed by atoms with Crippen molar-refractivity contribution in [3.63, 3.8) is 0 Å². The number of amides is 1. The number of anilines is 1. The summed E-state index contributed by atoms with van der Waals surface area (Å²) in [5.41, 5.74) is 1.08. The first-order valence-electron chi connectivity index (χ1n) is 8.71. The van der Waals surface area contributed by atoms with E-state index in [-0.39, 0.29) is 5.41 Å². The highest BCUT2D eigenvalue weighted by Gasteiger charge is 2.48. The van der Waals surface area contributed by atoms with Crippen LogP contribution in [0.5, 0.6) is 0 Å². The molecule has 2 aliphatic heterocycles. The van der Waals surface area contributed by atoms with Crippen molar-refractivity contribution in [2.45, 2.75) is 38.5 Å². The summed E-state index contributed by atoms with van der Waals surface area (Å²) in [5.74, 6) is 1.21. The van der Waals surface area contributed by atoms with Gasteiger partial charge in [0.05, 0.1) is 5.41 Å². The fourth-order valence-electron chi connectivity index (χ4n) is 4.34. The van der Waals surface area contributed by atoms with Crippen LogP contribution < -0.4 is 4.90 Å². The lowest BCUT2D eigenvalue weighted by molar-refractivity contribution is -0.146. The minimum atomic E-state index is -0.120. The molecule has 4 rings (SSSR count). The van der Waals surface area contributed by atoms with Crippen LogP contribution in [0, 0.1) is 11.3 Å². The zero-order valence-electron chi connectivity index (χ0n) is 13.2. The lowest BCUT2D eigenvalue weighted by Gasteiger charge is -2.42. The van der Waals surface area contributed by atoms with Crippen LogP contribution in [-0.2, 0) is 4.79 Å². The molecule has 1 unspecified atom stereocenters. The molecular formula is C18H25N3O. The molecule has 3 heterocycles. The van der Waals surface area contributed by atoms with Gasteiger partial charge in [-0.2, -0.15) is 0 Å². The average molecular weight is 299 g/mol. The molecule has 1 saturated carbocycles. The third kappa shape index (κ3) is 2.38. The minimum absolute atomic E-state index is 0.120. The van der Waals surface area contributed by atoms with Gasteiger partial charge in [-0.15, -0.1) is 0 Å². The number of pyridine rings is 1. The van der Waals surface area contributed by atoms with Gasteiger partial charge in [-0.1, -0.05) is 6.42 Å². The van der Waals surface area contributed by atoms with Crippen molar-refractivity contribution in [1.29, 1.82) is 0 Å². The zero-order chi connectivity index (χ0) is 15.0. The van der Waals surface area contributed by atoms with Gasteiger partial charge in [0.1, 0.15) is 0 Å². The predicted molar refractivity (Wildman–Crippen MR) is 86.7 cm³/mol. The van der Waals surface area contributed by atoms with E-state index in [4.69, 9.17) is 0 Å². The maximum absolute atomic E-state index is 13.1. The number of hydrogen-bond acceptors (Lipinski definition) is 3. The summed E-state index contributed by atoms with van der Waals surface area (Å²) in [5, 5.41) is 0. The van der Waals surface area contributed by atoms with Crippen molar-refractivity contribution < 1.29 is 4.79 Å². The van der Waals surface area contributed by atoms with Crippen LogP contribution in [0.4, 0.5) is 5.69 Å². The summed E-state index contributed by atoms with van der Waals surface area (Å²) < 4.78 is 0. The average Bonchev–Trinajstić information content (AvgIpc) is 2.93. The molecular weight excluding hydrogens is 274 g/mol. The monoisotopic (exact) mass is 299 g/mol. The number of nitrogens with zero attached hydrogens (tertiary/aromatic N) is 3. The largest absolute Gasteiger partial charge is 0.370 e. The molecule has 118 valence electrons. The highest BCUT2D eigenvalue weighted by molar-refractivity contribution is 5.85. The van der Waals surface area contributed by atoms with Crippen molar-refractivity contribution >= 4 is 11.6 Å². The molecule has 0 bridgehead atoms. The molecule has 1 amide bonds. The molecule has 1 aliphatic carbocycles. The molecule has 1 aromatic heterocycles. The molecule has 0 aromatic carbocycles. The Balaban J connectivity index is 1.47. The Bertz CT molecular complexity index is 543. The minimum Gasteiger partial charge on any atom is -0.370 e. The molecule has 0 N–H and O–H groups in total. The lowest BCUT2D eigenvalue weighted by atomic mass is 9.77. The van der Waals surface area contributed by atoms with E-state index in [0.29, 0.717) is 5.91 Å². The molecule has 3 fully saturated rings. The summed E-state index contributed by atoms with van der Waals surface area (Å²) >= 11 is 0. The van der Waals surface area contributed by atoms with E-state index in [1.54, 1.807) is 0 Å². The van der Waals surface area contributed by atoms with Crippen molar-refractivity contribution in [2.75, 3.05) is 31.1 Å². The van der Waals surface area contributed by atoms with Crippen LogP contribution in [0.3, 0.4) is 0 Å². The number of hydrogen-bond donors (Lipinski definition) is 0. The van der Waals surface area contributed by atoms with E-state index in [1.807, 2.05) is 12.4 Å². The molecule has 1 aromatic rings. The molecule has 2 saturated heterocycles. The van der Waals surface area contributed by atoms with Crippen molar-refractivity contribution in [2.24, 2.45) is 11.3 Å². The summed E-state index contributed by atoms with van der Waals surface area (Å²) in [6, 6.07) is 4.11. The molecule has 4 nitrogen and oxygen atoms in total. The van der Waals surface area contributed by atoms with Crippen molar-refractivity contribution in [3.05, 3.63) is 24.5 Å². The highest BCUT2D eigenvalue weighted by atomic mass is 16.2. The Hall–Kier alpha value is -1.58. The van der Waals surface area contributed by atoms with Crippen LogP contribution in [0.2, 0.25) is 0 Å². The topological polar surface area (TPSA) is 36.4 Å². The number of carbonyl (C=O) groups is 1. The summed E-state index contributed by atoms with van der Waals surface area (Å²) in [6.45, 7) is 3.87. The molecule has 4 heteroatoms. The van der Waals surface area contributed by atoms with Gasteiger partial charge in [0.15, 0.2) is 0 Å².